The van der Waals surface area contributed by atoms with Crippen LogP contribution in [0.25, 0.3) is 0 Å². The Morgan fingerprint density at radius 1 is 1.32 bits per heavy atom. The molecule has 0 atom stereocenters. The van der Waals surface area contributed by atoms with Crippen molar-refractivity contribution in [1.29, 1.82) is 0 Å². The Morgan fingerprint density at radius 2 is 2.11 bits per heavy atom. The van der Waals surface area contributed by atoms with Crippen molar-refractivity contribution in [2.24, 2.45) is 0 Å². The van der Waals surface area contributed by atoms with Gasteiger partial charge < -0.3 is 10.1 Å². The molecule has 1 heterocycles. The summed E-state index contributed by atoms with van der Waals surface area (Å²) in [5, 5.41) is 3.21. The van der Waals surface area contributed by atoms with Crippen molar-refractivity contribution in [3.05, 3.63) is 29.6 Å². The standard InChI is InChI=1S/C15H23FN2O/c1-2-17-12-13-11-14(16)5-6-15(13)19-10-9-18-7-3-4-8-18/h5-6,11,17H,2-4,7-10,12H2,1H3. The van der Waals surface area contributed by atoms with Gasteiger partial charge in [0.05, 0.1) is 0 Å². The Bertz CT molecular complexity index is 392. The van der Waals surface area contributed by atoms with Crippen LogP contribution in [0.4, 0.5) is 4.39 Å². The van der Waals surface area contributed by atoms with E-state index in [0.29, 0.717) is 13.2 Å². The van der Waals surface area contributed by atoms with Gasteiger partial charge in [-0.25, -0.2) is 4.39 Å². The molecule has 1 aliphatic heterocycles. The Kier molecular flexibility index (Phi) is 5.61. The van der Waals surface area contributed by atoms with Crippen molar-refractivity contribution in [2.45, 2.75) is 26.3 Å². The topological polar surface area (TPSA) is 24.5 Å². The van der Waals surface area contributed by atoms with Gasteiger partial charge in [0.2, 0.25) is 0 Å². The minimum atomic E-state index is -0.209. The molecule has 2 rings (SSSR count). The van der Waals surface area contributed by atoms with Crippen LogP contribution in [-0.4, -0.2) is 37.7 Å². The predicted octanol–water partition coefficient (Wildman–Crippen LogP) is 2.41. The monoisotopic (exact) mass is 266 g/mol. The number of benzene rings is 1. The Hall–Kier alpha value is -1.13. The molecule has 1 fully saturated rings. The van der Waals surface area contributed by atoms with Crippen LogP contribution in [0.5, 0.6) is 5.75 Å². The van der Waals surface area contributed by atoms with E-state index in [-0.39, 0.29) is 5.82 Å². The molecule has 0 aromatic heterocycles. The molecule has 0 unspecified atom stereocenters. The van der Waals surface area contributed by atoms with E-state index in [1.165, 1.54) is 32.0 Å². The zero-order valence-electron chi connectivity index (χ0n) is 11.6. The maximum absolute atomic E-state index is 13.3. The number of halogens is 1. The maximum Gasteiger partial charge on any atom is 0.124 e. The zero-order valence-corrected chi connectivity index (χ0v) is 11.6. The van der Waals surface area contributed by atoms with Gasteiger partial charge >= 0.3 is 0 Å². The van der Waals surface area contributed by atoms with Crippen LogP contribution in [0.3, 0.4) is 0 Å². The smallest absolute Gasteiger partial charge is 0.124 e. The Morgan fingerprint density at radius 3 is 2.84 bits per heavy atom. The Balaban J connectivity index is 1.86. The molecule has 0 radical (unpaired) electrons. The van der Waals surface area contributed by atoms with Crippen molar-refractivity contribution in [1.82, 2.24) is 10.2 Å². The summed E-state index contributed by atoms with van der Waals surface area (Å²) < 4.78 is 19.1. The van der Waals surface area contributed by atoms with Crippen LogP contribution in [-0.2, 0) is 6.54 Å². The van der Waals surface area contributed by atoms with Crippen molar-refractivity contribution in [2.75, 3.05) is 32.8 Å². The molecule has 1 aromatic carbocycles. The van der Waals surface area contributed by atoms with Crippen molar-refractivity contribution in [3.63, 3.8) is 0 Å². The molecule has 0 spiro atoms. The van der Waals surface area contributed by atoms with Gasteiger partial charge in [-0.2, -0.15) is 0 Å². The summed E-state index contributed by atoms with van der Waals surface area (Å²) >= 11 is 0. The number of rotatable bonds is 7. The first-order valence-corrected chi connectivity index (χ1v) is 7.14. The van der Waals surface area contributed by atoms with Gasteiger partial charge in [-0.3, -0.25) is 4.90 Å². The first-order chi connectivity index (χ1) is 9.29. The van der Waals surface area contributed by atoms with Gasteiger partial charge in [0.25, 0.3) is 0 Å². The number of nitrogens with one attached hydrogen (secondary N) is 1. The van der Waals surface area contributed by atoms with Gasteiger partial charge in [0.15, 0.2) is 0 Å². The van der Waals surface area contributed by atoms with Gasteiger partial charge in [-0.05, 0) is 50.7 Å². The highest BCUT2D eigenvalue weighted by atomic mass is 19.1. The third-order valence-corrected chi connectivity index (χ3v) is 3.45. The molecule has 0 amide bonds. The molecule has 0 saturated carbocycles. The lowest BCUT2D eigenvalue weighted by atomic mass is 10.2. The minimum Gasteiger partial charge on any atom is -0.492 e. The van der Waals surface area contributed by atoms with Crippen molar-refractivity contribution < 1.29 is 9.13 Å². The summed E-state index contributed by atoms with van der Waals surface area (Å²) in [4.78, 5) is 2.41. The third kappa shape index (κ3) is 4.48. The van der Waals surface area contributed by atoms with Crippen LogP contribution in [0, 0.1) is 5.82 Å². The van der Waals surface area contributed by atoms with E-state index in [2.05, 4.69) is 10.2 Å². The number of likely N-dealkylation sites (tertiary alicyclic amines) is 1. The number of nitrogens with zero attached hydrogens (tertiary/aromatic N) is 1. The molecule has 19 heavy (non-hydrogen) atoms. The number of ether oxygens (including phenoxy) is 1. The van der Waals surface area contributed by atoms with E-state index in [4.69, 9.17) is 4.74 Å². The maximum atomic E-state index is 13.3. The second-order valence-corrected chi connectivity index (χ2v) is 4.93. The molecule has 4 heteroatoms. The van der Waals surface area contributed by atoms with E-state index in [9.17, 15) is 4.39 Å². The third-order valence-electron chi connectivity index (χ3n) is 3.45. The van der Waals surface area contributed by atoms with E-state index >= 15 is 0 Å². The van der Waals surface area contributed by atoms with E-state index in [1.807, 2.05) is 6.92 Å². The number of hydrogen-bond donors (Lipinski definition) is 1. The van der Waals surface area contributed by atoms with Crippen molar-refractivity contribution in [3.8, 4) is 5.75 Å². The molecule has 1 aliphatic rings. The van der Waals surface area contributed by atoms with Crippen LogP contribution < -0.4 is 10.1 Å². The van der Waals surface area contributed by atoms with E-state index in [1.54, 1.807) is 12.1 Å². The molecular formula is C15H23FN2O. The van der Waals surface area contributed by atoms with Crippen LogP contribution >= 0.6 is 0 Å². The summed E-state index contributed by atoms with van der Waals surface area (Å²) in [6, 6.07) is 4.74. The van der Waals surface area contributed by atoms with Crippen molar-refractivity contribution >= 4 is 0 Å². The second kappa shape index (κ2) is 7.46. The first-order valence-electron chi connectivity index (χ1n) is 7.14. The lowest BCUT2D eigenvalue weighted by molar-refractivity contribution is 0.236. The lowest BCUT2D eigenvalue weighted by Gasteiger charge is -2.16. The fraction of sp³-hybridized carbons (Fsp3) is 0.600. The number of hydrogen-bond acceptors (Lipinski definition) is 3. The summed E-state index contributed by atoms with van der Waals surface area (Å²) in [5.41, 5.74) is 0.892. The molecule has 106 valence electrons. The van der Waals surface area contributed by atoms with Gasteiger partial charge in [0.1, 0.15) is 18.2 Å². The highest BCUT2D eigenvalue weighted by molar-refractivity contribution is 5.33. The average Bonchev–Trinajstić information content (AvgIpc) is 2.91. The summed E-state index contributed by atoms with van der Waals surface area (Å²) in [6.07, 6.45) is 2.59. The molecule has 1 saturated heterocycles. The normalized spacial score (nSPS) is 15.9. The lowest BCUT2D eigenvalue weighted by Crippen LogP contribution is -2.25. The fourth-order valence-corrected chi connectivity index (χ4v) is 2.38. The predicted molar refractivity (Wildman–Crippen MR) is 74.9 cm³/mol. The molecule has 0 bridgehead atoms. The van der Waals surface area contributed by atoms with E-state index in [0.717, 1.165) is 24.4 Å². The molecule has 1 aromatic rings. The highest BCUT2D eigenvalue weighted by Gasteiger charge is 2.11. The molecule has 3 nitrogen and oxygen atoms in total. The minimum absolute atomic E-state index is 0.209. The molecular weight excluding hydrogens is 243 g/mol. The van der Waals surface area contributed by atoms with Crippen LogP contribution in [0.15, 0.2) is 18.2 Å². The van der Waals surface area contributed by atoms with Gasteiger partial charge in [-0.15, -0.1) is 0 Å². The summed E-state index contributed by atoms with van der Waals surface area (Å²) in [5.74, 6) is 0.585. The van der Waals surface area contributed by atoms with Crippen LogP contribution in [0.1, 0.15) is 25.3 Å². The first kappa shape index (κ1) is 14.3. The van der Waals surface area contributed by atoms with Gasteiger partial charge in [-0.1, -0.05) is 6.92 Å². The molecule has 1 N–H and O–H groups in total. The quantitative estimate of drug-likeness (QED) is 0.820. The largest absolute Gasteiger partial charge is 0.492 e. The highest BCUT2D eigenvalue weighted by Crippen LogP contribution is 2.20. The average molecular weight is 266 g/mol. The van der Waals surface area contributed by atoms with E-state index < -0.39 is 0 Å². The fourth-order valence-electron chi connectivity index (χ4n) is 2.38. The zero-order chi connectivity index (χ0) is 13.5. The SMILES string of the molecule is CCNCc1cc(F)ccc1OCCN1CCCC1. The van der Waals surface area contributed by atoms with Gasteiger partial charge in [0, 0.05) is 18.7 Å². The summed E-state index contributed by atoms with van der Waals surface area (Å²) in [6.45, 7) is 7.53. The summed E-state index contributed by atoms with van der Waals surface area (Å²) in [7, 11) is 0. The molecule has 0 aliphatic carbocycles. The Labute approximate surface area is 114 Å². The van der Waals surface area contributed by atoms with Crippen LogP contribution in [0.2, 0.25) is 0 Å². The second-order valence-electron chi connectivity index (χ2n) is 4.93.